The van der Waals surface area contributed by atoms with Gasteiger partial charge in [0.1, 0.15) is 11.1 Å². The lowest BCUT2D eigenvalue weighted by Crippen LogP contribution is -2.08. The first-order valence-corrected chi connectivity index (χ1v) is 13.3. The summed E-state index contributed by atoms with van der Waals surface area (Å²) < 4.78 is 9.16. The summed E-state index contributed by atoms with van der Waals surface area (Å²) in [5.41, 5.74) is 2.40. The molecule has 0 atom stereocenters. The van der Waals surface area contributed by atoms with E-state index in [4.69, 9.17) is 4.74 Å². The van der Waals surface area contributed by atoms with Crippen LogP contribution in [0.5, 0.6) is 0 Å². The Hall–Kier alpha value is -1.22. The molecule has 0 N–H and O–H groups in total. The van der Waals surface area contributed by atoms with Crippen LogP contribution in [0.15, 0.2) is 31.8 Å². The van der Waals surface area contributed by atoms with Crippen LogP contribution in [0.1, 0.15) is 66.2 Å². The van der Waals surface area contributed by atoms with E-state index in [1.165, 1.54) is 25.7 Å². The first kappa shape index (κ1) is 22.0. The van der Waals surface area contributed by atoms with Crippen molar-refractivity contribution in [1.82, 2.24) is 4.57 Å². The van der Waals surface area contributed by atoms with E-state index in [-0.39, 0.29) is 0 Å². The van der Waals surface area contributed by atoms with E-state index >= 15 is 0 Å². The number of rotatable bonds is 9. The normalized spacial score (nSPS) is 13.2. The molecule has 0 bridgehead atoms. The number of aromatic nitrogens is 1. The second-order valence-electron chi connectivity index (χ2n) is 7.25. The highest BCUT2D eigenvalue weighted by Crippen LogP contribution is 2.46. The van der Waals surface area contributed by atoms with E-state index < -0.39 is 11.9 Å². The zero-order chi connectivity index (χ0) is 21.3. The molecule has 0 saturated heterocycles. The second-order valence-corrected chi connectivity index (χ2v) is 12.2. The first-order chi connectivity index (χ1) is 14.5. The van der Waals surface area contributed by atoms with Crippen molar-refractivity contribution in [3.8, 4) is 21.1 Å². The quantitative estimate of drug-likeness (QED) is 0.148. The van der Waals surface area contributed by atoms with Gasteiger partial charge in [-0.1, -0.05) is 39.0 Å². The van der Waals surface area contributed by atoms with Gasteiger partial charge < -0.3 is 9.30 Å². The highest BCUT2D eigenvalue weighted by Gasteiger charge is 2.41. The number of carbonyl (C=O) groups excluding carboxylic acids is 2. The Morgan fingerprint density at radius 1 is 0.800 bits per heavy atom. The van der Waals surface area contributed by atoms with Gasteiger partial charge in [0, 0.05) is 6.54 Å². The van der Waals surface area contributed by atoms with Gasteiger partial charge >= 0.3 is 11.9 Å². The lowest BCUT2D eigenvalue weighted by molar-refractivity contribution is 0.0443. The fraction of sp³-hybridized carbons (Fsp3) is 0.364. The lowest BCUT2D eigenvalue weighted by Gasteiger charge is -2.14. The topological polar surface area (TPSA) is 48.3 Å². The molecule has 0 aliphatic carbocycles. The van der Waals surface area contributed by atoms with E-state index in [1.807, 2.05) is 24.3 Å². The van der Waals surface area contributed by atoms with E-state index in [1.54, 1.807) is 22.7 Å². The fourth-order valence-electron chi connectivity index (χ4n) is 3.87. The number of hydrogen-bond donors (Lipinski definition) is 0. The maximum absolute atomic E-state index is 12.7. The van der Waals surface area contributed by atoms with Gasteiger partial charge in [0.25, 0.3) is 0 Å². The number of carbonyl (C=O) groups is 2. The van der Waals surface area contributed by atoms with Crippen LogP contribution >= 0.6 is 54.5 Å². The third kappa shape index (κ3) is 4.24. The average Bonchev–Trinajstić information content (AvgIpc) is 3.45. The van der Waals surface area contributed by atoms with E-state index in [0.29, 0.717) is 11.1 Å². The zero-order valence-electron chi connectivity index (χ0n) is 16.5. The predicted molar refractivity (Wildman–Crippen MR) is 130 cm³/mol. The van der Waals surface area contributed by atoms with Crippen LogP contribution in [0.2, 0.25) is 0 Å². The molecule has 4 heterocycles. The number of esters is 2. The van der Waals surface area contributed by atoms with Crippen LogP contribution in [0, 0.1) is 0 Å². The summed E-state index contributed by atoms with van der Waals surface area (Å²) in [6.45, 7) is 2.98. The Bertz CT molecular complexity index is 1020. The highest BCUT2D eigenvalue weighted by molar-refractivity contribution is 9.11. The summed E-state index contributed by atoms with van der Waals surface area (Å²) in [4.78, 5) is 27.2. The summed E-state index contributed by atoms with van der Waals surface area (Å²) in [7, 11) is 0. The van der Waals surface area contributed by atoms with Crippen molar-refractivity contribution in [2.24, 2.45) is 0 Å². The minimum atomic E-state index is -0.548. The molecule has 158 valence electrons. The number of ether oxygens (including phenoxy) is 1. The molecule has 3 aromatic rings. The van der Waals surface area contributed by atoms with Crippen LogP contribution in [-0.4, -0.2) is 16.5 Å². The monoisotopic (exact) mass is 569 g/mol. The summed E-state index contributed by atoms with van der Waals surface area (Å²) in [6, 6.07) is 7.93. The van der Waals surface area contributed by atoms with Gasteiger partial charge in [-0.05, 0) is 62.5 Å². The van der Waals surface area contributed by atoms with Crippen molar-refractivity contribution >= 4 is 66.5 Å². The number of fused-ring (bicyclic) bond motifs is 1. The molecule has 8 heteroatoms. The van der Waals surface area contributed by atoms with Crippen molar-refractivity contribution < 1.29 is 14.3 Å². The molecule has 0 amide bonds. The lowest BCUT2D eigenvalue weighted by atomic mass is 10.1. The third-order valence-corrected chi connectivity index (χ3v) is 8.47. The Morgan fingerprint density at radius 2 is 1.30 bits per heavy atom. The Balaban J connectivity index is 1.81. The van der Waals surface area contributed by atoms with Gasteiger partial charge in [0.15, 0.2) is 0 Å². The Morgan fingerprint density at radius 3 is 1.77 bits per heavy atom. The SMILES string of the molecule is CCCCCCCCn1c(-c2ccc(Br)s2)c2c(c1-c1ccc(Br)s1)C(=O)OC2=O. The van der Waals surface area contributed by atoms with Crippen LogP contribution in [-0.2, 0) is 11.3 Å². The van der Waals surface area contributed by atoms with Crippen molar-refractivity contribution in [1.29, 1.82) is 0 Å². The predicted octanol–water partition coefficient (Wildman–Crippen LogP) is 8.14. The van der Waals surface area contributed by atoms with Crippen LogP contribution in [0.25, 0.3) is 21.1 Å². The molecule has 3 aromatic heterocycles. The van der Waals surface area contributed by atoms with E-state index in [2.05, 4.69) is 43.4 Å². The van der Waals surface area contributed by atoms with Gasteiger partial charge in [-0.15, -0.1) is 22.7 Å². The second kappa shape index (κ2) is 9.51. The summed E-state index contributed by atoms with van der Waals surface area (Å²) in [5, 5.41) is 0. The summed E-state index contributed by atoms with van der Waals surface area (Å²) in [6.07, 6.45) is 7.07. The fourth-order valence-corrected chi connectivity index (χ4v) is 6.76. The Labute approximate surface area is 200 Å². The molecular weight excluding hydrogens is 550 g/mol. The standard InChI is InChI=1S/C22H21Br2NO3S2/c1-2-3-4-5-6-7-12-25-19(13-8-10-15(23)29-13)17-18(22(27)28-21(17)26)20(25)14-9-11-16(24)30-14/h8-11H,2-7,12H2,1H3. The molecule has 0 aromatic carbocycles. The van der Waals surface area contributed by atoms with Crippen LogP contribution in [0.4, 0.5) is 0 Å². The van der Waals surface area contributed by atoms with Gasteiger partial charge in [0.2, 0.25) is 0 Å². The van der Waals surface area contributed by atoms with Gasteiger partial charge in [0.05, 0.1) is 28.7 Å². The van der Waals surface area contributed by atoms with Crippen molar-refractivity contribution in [2.75, 3.05) is 0 Å². The molecule has 0 unspecified atom stereocenters. The molecule has 1 aliphatic rings. The average molecular weight is 571 g/mol. The van der Waals surface area contributed by atoms with Gasteiger partial charge in [-0.25, -0.2) is 9.59 Å². The molecule has 0 saturated carbocycles. The van der Waals surface area contributed by atoms with Gasteiger partial charge in [-0.3, -0.25) is 0 Å². The van der Waals surface area contributed by atoms with E-state index in [0.717, 1.165) is 48.1 Å². The third-order valence-electron chi connectivity index (χ3n) is 5.21. The highest BCUT2D eigenvalue weighted by atomic mass is 79.9. The minimum Gasteiger partial charge on any atom is -0.386 e. The smallest absolute Gasteiger partial charge is 0.349 e. The maximum atomic E-state index is 12.7. The molecule has 4 rings (SSSR count). The molecule has 4 nitrogen and oxygen atoms in total. The van der Waals surface area contributed by atoms with Crippen molar-refractivity contribution in [3.05, 3.63) is 43.0 Å². The number of nitrogens with zero attached hydrogens (tertiary/aromatic N) is 1. The maximum Gasteiger partial charge on any atom is 0.349 e. The van der Waals surface area contributed by atoms with E-state index in [9.17, 15) is 9.59 Å². The van der Waals surface area contributed by atoms with Crippen molar-refractivity contribution in [2.45, 2.75) is 52.0 Å². The molecule has 0 radical (unpaired) electrons. The molecule has 0 spiro atoms. The largest absolute Gasteiger partial charge is 0.386 e. The minimum absolute atomic E-state index is 0.403. The molecule has 0 fully saturated rings. The Kier molecular flexibility index (Phi) is 6.97. The van der Waals surface area contributed by atoms with Crippen molar-refractivity contribution in [3.63, 3.8) is 0 Å². The zero-order valence-corrected chi connectivity index (χ0v) is 21.3. The number of thiophene rings is 2. The van der Waals surface area contributed by atoms with Crippen LogP contribution in [0.3, 0.4) is 0 Å². The number of halogens is 2. The summed E-state index contributed by atoms with van der Waals surface area (Å²) in [5.74, 6) is -1.10. The molecular formula is C22H21Br2NO3S2. The number of hydrogen-bond acceptors (Lipinski definition) is 5. The number of unbranched alkanes of at least 4 members (excludes halogenated alkanes) is 5. The first-order valence-electron chi connectivity index (χ1n) is 10.1. The summed E-state index contributed by atoms with van der Waals surface area (Å²) >= 11 is 10.2. The molecule has 1 aliphatic heterocycles. The van der Waals surface area contributed by atoms with Gasteiger partial charge in [-0.2, -0.15) is 0 Å². The number of cyclic esters (lactones) is 2. The molecule has 30 heavy (non-hydrogen) atoms. The van der Waals surface area contributed by atoms with Crippen LogP contribution < -0.4 is 0 Å².